The van der Waals surface area contributed by atoms with E-state index < -0.39 is 11.5 Å². The van der Waals surface area contributed by atoms with E-state index in [0.29, 0.717) is 5.92 Å². The Hall–Kier alpha value is -0.610. The van der Waals surface area contributed by atoms with Gasteiger partial charge in [-0.15, -0.1) is 0 Å². The second kappa shape index (κ2) is 4.10. The summed E-state index contributed by atoms with van der Waals surface area (Å²) < 4.78 is 0. The quantitative estimate of drug-likeness (QED) is 0.716. The van der Waals surface area contributed by atoms with E-state index >= 15 is 0 Å². The Balaban J connectivity index is 1.98. The minimum Gasteiger partial charge on any atom is -0.480 e. The van der Waals surface area contributed by atoms with E-state index in [4.69, 9.17) is 0 Å². The van der Waals surface area contributed by atoms with Gasteiger partial charge in [0.2, 0.25) is 0 Å². The molecule has 2 atom stereocenters. The fourth-order valence-corrected chi connectivity index (χ4v) is 2.94. The molecule has 2 unspecified atom stereocenters. The van der Waals surface area contributed by atoms with Gasteiger partial charge in [0.25, 0.3) is 0 Å². The van der Waals surface area contributed by atoms with Gasteiger partial charge in [-0.3, -0.25) is 4.79 Å². The van der Waals surface area contributed by atoms with Gasteiger partial charge < -0.3 is 15.3 Å². The molecule has 0 aliphatic carbocycles. The summed E-state index contributed by atoms with van der Waals surface area (Å²) in [5.41, 5.74) is -0.615. The Morgan fingerprint density at radius 2 is 2.47 bits per heavy atom. The summed E-state index contributed by atoms with van der Waals surface area (Å²) >= 11 is 0. The lowest BCUT2D eigenvalue weighted by Gasteiger charge is -2.27. The van der Waals surface area contributed by atoms with Crippen molar-refractivity contribution in [3.05, 3.63) is 0 Å². The van der Waals surface area contributed by atoms with Crippen molar-refractivity contribution in [2.24, 2.45) is 5.92 Å². The van der Waals surface area contributed by atoms with Crippen molar-refractivity contribution >= 4 is 5.97 Å². The van der Waals surface area contributed by atoms with Gasteiger partial charge in [-0.2, -0.15) is 0 Å². The molecule has 2 fully saturated rings. The van der Waals surface area contributed by atoms with Gasteiger partial charge in [-0.1, -0.05) is 0 Å². The van der Waals surface area contributed by atoms with Crippen LogP contribution in [0.4, 0.5) is 0 Å². The van der Waals surface area contributed by atoms with Crippen LogP contribution in [0.15, 0.2) is 0 Å². The molecule has 0 aromatic heterocycles. The molecular weight excluding hydrogens is 192 g/mol. The maximum absolute atomic E-state index is 11.3. The van der Waals surface area contributed by atoms with Gasteiger partial charge in [0.05, 0.1) is 0 Å². The first-order chi connectivity index (χ1) is 7.12. The first kappa shape index (κ1) is 10.9. The van der Waals surface area contributed by atoms with Gasteiger partial charge >= 0.3 is 5.97 Å². The number of aliphatic carboxylic acids is 1. The van der Waals surface area contributed by atoms with Crippen molar-refractivity contribution in [2.75, 3.05) is 26.7 Å². The summed E-state index contributed by atoms with van der Waals surface area (Å²) in [6, 6.07) is 0. The lowest BCUT2D eigenvalue weighted by atomic mass is 9.85. The summed E-state index contributed by atoms with van der Waals surface area (Å²) in [6.07, 6.45) is 3.73. The molecule has 0 aromatic rings. The van der Waals surface area contributed by atoms with Crippen LogP contribution in [0.1, 0.15) is 25.7 Å². The van der Waals surface area contributed by atoms with E-state index in [1.165, 1.54) is 0 Å². The van der Waals surface area contributed by atoms with Gasteiger partial charge in [0.1, 0.15) is 5.54 Å². The first-order valence-electron chi connectivity index (χ1n) is 5.79. The van der Waals surface area contributed by atoms with Crippen molar-refractivity contribution in [3.63, 3.8) is 0 Å². The molecule has 4 heteroatoms. The second-order valence-electron chi connectivity index (χ2n) is 5.04. The molecule has 0 spiro atoms. The molecule has 0 bridgehead atoms. The minimum atomic E-state index is -0.658. The van der Waals surface area contributed by atoms with Gasteiger partial charge in [0, 0.05) is 6.54 Å². The van der Waals surface area contributed by atoms with Crippen LogP contribution >= 0.6 is 0 Å². The summed E-state index contributed by atoms with van der Waals surface area (Å²) in [7, 11) is 2.11. The zero-order chi connectivity index (χ0) is 10.9. The highest BCUT2D eigenvalue weighted by atomic mass is 16.4. The van der Waals surface area contributed by atoms with Crippen LogP contribution in [-0.4, -0.2) is 48.2 Å². The number of carboxylic acids is 1. The maximum Gasteiger partial charge on any atom is 0.323 e. The zero-order valence-corrected chi connectivity index (χ0v) is 9.33. The van der Waals surface area contributed by atoms with Crippen molar-refractivity contribution in [1.82, 2.24) is 10.2 Å². The standard InChI is InChI=1S/C11H20N2O2/c1-13-6-3-9(8-13)7-11(10(14)15)4-2-5-12-11/h9,12H,2-8H2,1H3,(H,14,15). The fraction of sp³-hybridized carbons (Fsp3) is 0.909. The molecule has 2 N–H and O–H groups in total. The van der Waals surface area contributed by atoms with Crippen LogP contribution in [-0.2, 0) is 4.79 Å². The summed E-state index contributed by atoms with van der Waals surface area (Å²) in [5.74, 6) is -0.105. The predicted octanol–water partition coefficient (Wildman–Crippen LogP) is 0.535. The number of nitrogens with zero attached hydrogens (tertiary/aromatic N) is 1. The molecule has 2 heterocycles. The van der Waals surface area contributed by atoms with E-state index in [9.17, 15) is 9.90 Å². The SMILES string of the molecule is CN1CCC(CC2(C(=O)O)CCCN2)C1. The van der Waals surface area contributed by atoms with Crippen molar-refractivity contribution < 1.29 is 9.90 Å². The monoisotopic (exact) mass is 212 g/mol. The fourth-order valence-electron chi connectivity index (χ4n) is 2.94. The molecule has 2 rings (SSSR count). The number of nitrogens with one attached hydrogen (secondary N) is 1. The highest BCUT2D eigenvalue weighted by Crippen LogP contribution is 2.31. The van der Waals surface area contributed by atoms with Gasteiger partial charge in [0.15, 0.2) is 0 Å². The highest BCUT2D eigenvalue weighted by Gasteiger charge is 2.43. The van der Waals surface area contributed by atoms with Crippen molar-refractivity contribution in [3.8, 4) is 0 Å². The largest absolute Gasteiger partial charge is 0.480 e. The molecule has 0 aromatic carbocycles. The highest BCUT2D eigenvalue weighted by molar-refractivity contribution is 5.79. The maximum atomic E-state index is 11.3. The van der Waals surface area contributed by atoms with E-state index in [2.05, 4.69) is 17.3 Å². The Bertz CT molecular complexity index is 249. The number of likely N-dealkylation sites (tertiary alicyclic amines) is 1. The zero-order valence-electron chi connectivity index (χ0n) is 9.33. The Kier molecular flexibility index (Phi) is 2.98. The number of carboxylic acid groups (broad SMARTS) is 1. The van der Waals surface area contributed by atoms with Crippen molar-refractivity contribution in [1.29, 1.82) is 0 Å². The van der Waals surface area contributed by atoms with E-state index in [1.807, 2.05) is 0 Å². The number of carbonyl (C=O) groups is 1. The van der Waals surface area contributed by atoms with Crippen LogP contribution in [0.5, 0.6) is 0 Å². The molecule has 0 saturated carbocycles. The average molecular weight is 212 g/mol. The van der Waals surface area contributed by atoms with E-state index in [-0.39, 0.29) is 0 Å². The number of hydrogen-bond donors (Lipinski definition) is 2. The van der Waals surface area contributed by atoms with Crippen LogP contribution in [0.2, 0.25) is 0 Å². The third-order valence-corrected chi connectivity index (χ3v) is 3.78. The van der Waals surface area contributed by atoms with Gasteiger partial charge in [-0.05, 0) is 51.7 Å². The predicted molar refractivity (Wildman–Crippen MR) is 57.8 cm³/mol. The molecular formula is C11H20N2O2. The molecule has 0 amide bonds. The normalized spacial score (nSPS) is 37.3. The van der Waals surface area contributed by atoms with Crippen molar-refractivity contribution in [2.45, 2.75) is 31.2 Å². The third-order valence-electron chi connectivity index (χ3n) is 3.78. The average Bonchev–Trinajstić information content (AvgIpc) is 2.77. The molecule has 86 valence electrons. The molecule has 2 aliphatic heterocycles. The second-order valence-corrected chi connectivity index (χ2v) is 5.04. The Morgan fingerprint density at radius 3 is 2.93 bits per heavy atom. The molecule has 2 aliphatic rings. The van der Waals surface area contributed by atoms with Crippen LogP contribution in [0.25, 0.3) is 0 Å². The minimum absolute atomic E-state index is 0.552. The Morgan fingerprint density at radius 1 is 1.67 bits per heavy atom. The van der Waals surface area contributed by atoms with E-state index in [1.54, 1.807) is 0 Å². The Labute approximate surface area is 90.6 Å². The van der Waals surface area contributed by atoms with Crippen LogP contribution in [0.3, 0.4) is 0 Å². The number of rotatable bonds is 3. The molecule has 0 radical (unpaired) electrons. The van der Waals surface area contributed by atoms with Crippen LogP contribution < -0.4 is 5.32 Å². The molecule has 4 nitrogen and oxygen atoms in total. The van der Waals surface area contributed by atoms with E-state index in [0.717, 1.165) is 45.3 Å². The number of hydrogen-bond acceptors (Lipinski definition) is 3. The summed E-state index contributed by atoms with van der Waals surface area (Å²) in [6.45, 7) is 3.02. The van der Waals surface area contributed by atoms with Crippen LogP contribution in [0, 0.1) is 5.92 Å². The topological polar surface area (TPSA) is 52.6 Å². The lowest BCUT2D eigenvalue weighted by Crippen LogP contribution is -2.49. The lowest BCUT2D eigenvalue weighted by molar-refractivity contribution is -0.145. The summed E-state index contributed by atoms with van der Waals surface area (Å²) in [5, 5.41) is 12.5. The first-order valence-corrected chi connectivity index (χ1v) is 5.79. The summed E-state index contributed by atoms with van der Waals surface area (Å²) in [4.78, 5) is 13.6. The third kappa shape index (κ3) is 2.16. The van der Waals surface area contributed by atoms with Gasteiger partial charge in [-0.25, -0.2) is 0 Å². The smallest absolute Gasteiger partial charge is 0.323 e. The molecule has 15 heavy (non-hydrogen) atoms. The molecule has 2 saturated heterocycles.